The second-order valence-corrected chi connectivity index (χ2v) is 6.10. The lowest BCUT2D eigenvalue weighted by Crippen LogP contribution is -2.20. The fourth-order valence-electron chi connectivity index (χ4n) is 2.25. The number of halogens is 1. The van der Waals surface area contributed by atoms with E-state index in [4.69, 9.17) is 21.4 Å². The quantitative estimate of drug-likeness (QED) is 0.650. The van der Waals surface area contributed by atoms with Crippen LogP contribution in [0.4, 0.5) is 4.79 Å². The molecule has 1 amide bonds. The van der Waals surface area contributed by atoms with Gasteiger partial charge in [-0.1, -0.05) is 11.6 Å². The zero-order valence-electron chi connectivity index (χ0n) is 12.2. The number of benzene rings is 1. The summed E-state index contributed by atoms with van der Waals surface area (Å²) in [6, 6.07) is 3.79. The van der Waals surface area contributed by atoms with E-state index in [0.29, 0.717) is 17.3 Å². The van der Waals surface area contributed by atoms with E-state index in [1.807, 2.05) is 24.4 Å². The number of nitrogens with zero attached hydrogens (tertiary/aromatic N) is 1. The Morgan fingerprint density at radius 2 is 2.35 bits per heavy atom. The normalized spacial score (nSPS) is 10.9. The van der Waals surface area contributed by atoms with Crippen LogP contribution >= 0.6 is 22.9 Å². The molecule has 0 unspecified atom stereocenters. The zero-order chi connectivity index (χ0) is 16.4. The van der Waals surface area contributed by atoms with E-state index in [0.717, 1.165) is 27.9 Å². The molecule has 3 N–H and O–H groups in total. The number of hydrogen-bond acceptors (Lipinski definition) is 4. The molecule has 6 nitrogen and oxygen atoms in total. The third-order valence-corrected chi connectivity index (χ3v) is 4.44. The number of fused-ring (bicyclic) bond motifs is 1. The van der Waals surface area contributed by atoms with E-state index >= 15 is 0 Å². The largest absolute Gasteiger partial charge is 0.487 e. The lowest BCUT2D eigenvalue weighted by Gasteiger charge is -2.08. The monoisotopic (exact) mass is 351 g/mol. The highest BCUT2D eigenvalue weighted by molar-refractivity contribution is 7.07. The summed E-state index contributed by atoms with van der Waals surface area (Å²) in [6.45, 7) is 2.46. The van der Waals surface area contributed by atoms with Gasteiger partial charge in [-0.3, -0.25) is 0 Å². The summed E-state index contributed by atoms with van der Waals surface area (Å²) in [7, 11) is 0. The highest BCUT2D eigenvalue weighted by atomic mass is 35.5. The first-order chi connectivity index (χ1) is 11.0. The fourth-order valence-corrected chi connectivity index (χ4v) is 3.07. The van der Waals surface area contributed by atoms with Crippen molar-refractivity contribution in [3.05, 3.63) is 45.0 Å². The second kappa shape index (κ2) is 6.47. The van der Waals surface area contributed by atoms with Crippen LogP contribution in [0.5, 0.6) is 5.75 Å². The second-order valence-electron chi connectivity index (χ2n) is 5.01. The standard InChI is InChI=1S/C15H14ClN3O3S/c1-8-2-10-11(19-12(14(10)16)4-17-15(20)21)3-13(8)22-5-9-6-23-7-18-9/h2-3,6-7,17,19H,4-5H2,1H3,(H,20,21). The molecular formula is C15H14ClN3O3S. The van der Waals surface area contributed by atoms with Gasteiger partial charge in [0.2, 0.25) is 0 Å². The van der Waals surface area contributed by atoms with E-state index in [2.05, 4.69) is 15.3 Å². The van der Waals surface area contributed by atoms with Crippen LogP contribution < -0.4 is 10.1 Å². The maximum atomic E-state index is 10.6. The van der Waals surface area contributed by atoms with Crippen LogP contribution in [0.3, 0.4) is 0 Å². The van der Waals surface area contributed by atoms with Gasteiger partial charge in [0.1, 0.15) is 12.4 Å². The number of H-pyrrole nitrogens is 1. The molecule has 1 aromatic carbocycles. The van der Waals surface area contributed by atoms with Crippen molar-refractivity contribution < 1.29 is 14.6 Å². The molecule has 23 heavy (non-hydrogen) atoms. The highest BCUT2D eigenvalue weighted by Crippen LogP contribution is 2.32. The van der Waals surface area contributed by atoms with E-state index in [1.54, 1.807) is 5.51 Å². The number of carboxylic acid groups (broad SMARTS) is 1. The van der Waals surface area contributed by atoms with E-state index < -0.39 is 6.09 Å². The van der Waals surface area contributed by atoms with Crippen molar-refractivity contribution in [2.24, 2.45) is 0 Å². The summed E-state index contributed by atoms with van der Waals surface area (Å²) in [4.78, 5) is 17.9. The molecular weight excluding hydrogens is 338 g/mol. The first kappa shape index (κ1) is 15.6. The number of hydrogen-bond donors (Lipinski definition) is 3. The van der Waals surface area contributed by atoms with Crippen LogP contribution in [-0.2, 0) is 13.2 Å². The summed E-state index contributed by atoms with van der Waals surface area (Å²) in [6.07, 6.45) is -1.09. The molecule has 0 aliphatic carbocycles. The molecule has 0 saturated heterocycles. The summed E-state index contributed by atoms with van der Waals surface area (Å²) >= 11 is 7.83. The van der Waals surface area contributed by atoms with E-state index in [-0.39, 0.29) is 6.54 Å². The number of amides is 1. The Morgan fingerprint density at radius 3 is 3.04 bits per heavy atom. The van der Waals surface area contributed by atoms with Gasteiger partial charge in [-0.15, -0.1) is 11.3 Å². The summed E-state index contributed by atoms with van der Waals surface area (Å²) in [5, 5.41) is 14.3. The Labute approximate surface area is 141 Å². The van der Waals surface area contributed by atoms with Gasteiger partial charge in [-0.2, -0.15) is 0 Å². The number of thiazole rings is 1. The number of ether oxygens (including phenoxy) is 1. The van der Waals surface area contributed by atoms with Gasteiger partial charge in [0.05, 0.1) is 34.0 Å². The molecule has 8 heteroatoms. The highest BCUT2D eigenvalue weighted by Gasteiger charge is 2.13. The fraction of sp³-hybridized carbons (Fsp3) is 0.200. The molecule has 0 bridgehead atoms. The summed E-state index contributed by atoms with van der Waals surface area (Å²) in [5.41, 5.74) is 5.02. The van der Waals surface area contributed by atoms with Crippen molar-refractivity contribution in [1.29, 1.82) is 0 Å². The molecule has 0 fully saturated rings. The van der Waals surface area contributed by atoms with Crippen LogP contribution in [0.2, 0.25) is 5.02 Å². The van der Waals surface area contributed by atoms with Crippen molar-refractivity contribution in [1.82, 2.24) is 15.3 Å². The number of nitrogens with one attached hydrogen (secondary N) is 2. The summed E-state index contributed by atoms with van der Waals surface area (Å²) < 4.78 is 5.81. The first-order valence-electron chi connectivity index (χ1n) is 6.82. The molecule has 0 saturated carbocycles. The Kier molecular flexibility index (Phi) is 4.40. The number of aromatic nitrogens is 2. The van der Waals surface area contributed by atoms with Gasteiger partial charge in [-0.05, 0) is 18.6 Å². The van der Waals surface area contributed by atoms with Crippen molar-refractivity contribution >= 4 is 39.9 Å². The van der Waals surface area contributed by atoms with Crippen LogP contribution in [-0.4, -0.2) is 21.2 Å². The number of rotatable bonds is 5. The van der Waals surface area contributed by atoms with Gasteiger partial charge in [0, 0.05) is 16.8 Å². The zero-order valence-corrected chi connectivity index (χ0v) is 13.8. The molecule has 2 heterocycles. The minimum Gasteiger partial charge on any atom is -0.487 e. The Balaban J connectivity index is 1.86. The maximum Gasteiger partial charge on any atom is 0.404 e. The molecule has 120 valence electrons. The third kappa shape index (κ3) is 3.40. The minimum atomic E-state index is -1.09. The maximum absolute atomic E-state index is 10.6. The molecule has 3 rings (SSSR count). The smallest absolute Gasteiger partial charge is 0.404 e. The molecule has 3 aromatic rings. The van der Waals surface area contributed by atoms with Gasteiger partial charge >= 0.3 is 6.09 Å². The third-order valence-electron chi connectivity index (χ3n) is 3.38. The van der Waals surface area contributed by atoms with Crippen LogP contribution in [0.15, 0.2) is 23.0 Å². The van der Waals surface area contributed by atoms with E-state index in [1.165, 1.54) is 11.3 Å². The lowest BCUT2D eigenvalue weighted by molar-refractivity contribution is 0.194. The average molecular weight is 352 g/mol. The lowest BCUT2D eigenvalue weighted by atomic mass is 10.1. The Morgan fingerprint density at radius 1 is 1.52 bits per heavy atom. The number of carbonyl (C=O) groups is 1. The molecule has 0 radical (unpaired) electrons. The average Bonchev–Trinajstić information content (AvgIpc) is 3.12. The van der Waals surface area contributed by atoms with E-state index in [9.17, 15) is 4.79 Å². The topological polar surface area (TPSA) is 87.2 Å². The van der Waals surface area contributed by atoms with Gasteiger partial charge < -0.3 is 20.1 Å². The predicted molar refractivity (Wildman–Crippen MR) is 89.4 cm³/mol. The molecule has 0 atom stereocenters. The first-order valence-corrected chi connectivity index (χ1v) is 8.14. The molecule has 2 aromatic heterocycles. The van der Waals surface area contributed by atoms with Crippen LogP contribution in [0.25, 0.3) is 10.9 Å². The Hall–Kier alpha value is -2.25. The predicted octanol–water partition coefficient (Wildman–Crippen LogP) is 3.93. The minimum absolute atomic E-state index is 0.122. The summed E-state index contributed by atoms with van der Waals surface area (Å²) in [5.74, 6) is 0.737. The SMILES string of the molecule is Cc1cc2c(Cl)c(CNC(=O)O)[nH]c2cc1OCc1cscn1. The van der Waals surface area contributed by atoms with Crippen LogP contribution in [0.1, 0.15) is 17.0 Å². The number of aromatic amines is 1. The van der Waals surface area contributed by atoms with Crippen molar-refractivity contribution in [2.45, 2.75) is 20.1 Å². The molecule has 0 aliphatic heterocycles. The van der Waals surface area contributed by atoms with Crippen LogP contribution in [0, 0.1) is 6.92 Å². The number of aryl methyl sites for hydroxylation is 1. The van der Waals surface area contributed by atoms with Gasteiger partial charge in [0.15, 0.2) is 0 Å². The van der Waals surface area contributed by atoms with Crippen molar-refractivity contribution in [2.75, 3.05) is 0 Å². The van der Waals surface area contributed by atoms with Crippen molar-refractivity contribution in [3.8, 4) is 5.75 Å². The molecule has 0 aliphatic rings. The van der Waals surface area contributed by atoms with Gasteiger partial charge in [0.25, 0.3) is 0 Å². The van der Waals surface area contributed by atoms with Gasteiger partial charge in [-0.25, -0.2) is 9.78 Å². The van der Waals surface area contributed by atoms with Crippen molar-refractivity contribution in [3.63, 3.8) is 0 Å². The Bertz CT molecular complexity index is 845. The molecule has 0 spiro atoms.